The molecule has 1 amide bonds. The maximum absolute atomic E-state index is 11.8. The van der Waals surface area contributed by atoms with Gasteiger partial charge in [-0.05, 0) is 42.8 Å². The molecule has 1 N–H and O–H groups in total. The van der Waals surface area contributed by atoms with E-state index in [1.165, 1.54) is 0 Å². The Kier molecular flexibility index (Phi) is 6.28. The van der Waals surface area contributed by atoms with Crippen LogP contribution in [-0.4, -0.2) is 18.2 Å². The molecule has 0 aliphatic rings. The molecule has 0 aromatic heterocycles. The van der Waals surface area contributed by atoms with Gasteiger partial charge in [0.2, 0.25) is 0 Å². The van der Waals surface area contributed by atoms with Crippen molar-refractivity contribution in [3.05, 3.63) is 63.1 Å². The summed E-state index contributed by atoms with van der Waals surface area (Å²) in [6, 6.07) is 11.9. The summed E-state index contributed by atoms with van der Waals surface area (Å²) < 4.78 is 5.32. The molecule has 0 saturated heterocycles. The van der Waals surface area contributed by atoms with E-state index >= 15 is 0 Å². The van der Waals surface area contributed by atoms with Gasteiger partial charge in [0.05, 0.1) is 10.7 Å². The highest BCUT2D eigenvalue weighted by atomic mass is 35.5. The quantitative estimate of drug-likeness (QED) is 0.618. The van der Waals surface area contributed by atoms with Crippen LogP contribution in [0.4, 0.5) is 0 Å². The fraction of sp³-hybridized carbons (Fsp3) is 0.125. The van der Waals surface area contributed by atoms with Crippen molar-refractivity contribution >= 4 is 46.4 Å². The first-order valence-corrected chi connectivity index (χ1v) is 7.76. The zero-order chi connectivity index (χ0) is 16.8. The minimum absolute atomic E-state index is 0.210. The summed E-state index contributed by atoms with van der Waals surface area (Å²) in [7, 11) is 0. The van der Waals surface area contributed by atoms with Gasteiger partial charge in [-0.1, -0.05) is 46.9 Å². The van der Waals surface area contributed by atoms with E-state index in [4.69, 9.17) is 39.5 Å². The van der Waals surface area contributed by atoms with Crippen molar-refractivity contribution in [2.24, 2.45) is 5.10 Å². The highest BCUT2D eigenvalue weighted by Crippen LogP contribution is 2.27. The van der Waals surface area contributed by atoms with E-state index in [9.17, 15) is 4.79 Å². The lowest BCUT2D eigenvalue weighted by Crippen LogP contribution is -2.25. The molecule has 120 valence electrons. The maximum atomic E-state index is 11.8. The highest BCUT2D eigenvalue weighted by molar-refractivity contribution is 6.35. The predicted octanol–water partition coefficient (Wildman–Crippen LogP) is 4.57. The van der Waals surface area contributed by atoms with Crippen LogP contribution in [0.5, 0.6) is 5.75 Å². The molecule has 2 rings (SSSR count). The van der Waals surface area contributed by atoms with E-state index in [-0.39, 0.29) is 6.61 Å². The molecule has 0 saturated carbocycles. The molecular formula is C16H13Cl3N2O2. The van der Waals surface area contributed by atoms with Crippen molar-refractivity contribution in [1.82, 2.24) is 5.43 Å². The Labute approximate surface area is 149 Å². The van der Waals surface area contributed by atoms with Crippen molar-refractivity contribution < 1.29 is 9.53 Å². The van der Waals surface area contributed by atoms with Crippen molar-refractivity contribution in [3.8, 4) is 5.75 Å². The van der Waals surface area contributed by atoms with Crippen LogP contribution in [0.15, 0.2) is 47.6 Å². The average molecular weight is 372 g/mol. The largest absolute Gasteiger partial charge is 0.482 e. The van der Waals surface area contributed by atoms with Crippen LogP contribution in [0, 0.1) is 0 Å². The van der Waals surface area contributed by atoms with Crippen molar-refractivity contribution in [3.63, 3.8) is 0 Å². The van der Waals surface area contributed by atoms with Crippen molar-refractivity contribution in [2.45, 2.75) is 6.92 Å². The molecule has 0 atom stereocenters. The number of carbonyl (C=O) groups excluding carboxylic acids is 1. The summed E-state index contributed by atoms with van der Waals surface area (Å²) in [6.07, 6.45) is 0. The Morgan fingerprint density at radius 1 is 1.09 bits per heavy atom. The summed E-state index contributed by atoms with van der Waals surface area (Å²) in [6.45, 7) is 1.57. The molecule has 0 aliphatic carbocycles. The molecule has 0 unspecified atom stereocenters. The predicted molar refractivity (Wildman–Crippen MR) is 93.8 cm³/mol. The van der Waals surface area contributed by atoms with Crippen LogP contribution in [0.1, 0.15) is 12.5 Å². The van der Waals surface area contributed by atoms with Crippen LogP contribution in [-0.2, 0) is 4.79 Å². The second-order valence-corrected chi connectivity index (χ2v) is 5.88. The van der Waals surface area contributed by atoms with Gasteiger partial charge in [-0.2, -0.15) is 5.10 Å². The number of hydrogen-bond donors (Lipinski definition) is 1. The van der Waals surface area contributed by atoms with E-state index in [1.807, 2.05) is 12.1 Å². The number of rotatable bonds is 5. The lowest BCUT2D eigenvalue weighted by Gasteiger charge is -2.07. The first-order valence-electron chi connectivity index (χ1n) is 6.62. The number of carbonyl (C=O) groups is 1. The highest BCUT2D eigenvalue weighted by Gasteiger charge is 2.06. The molecule has 0 radical (unpaired) electrons. The van der Waals surface area contributed by atoms with Gasteiger partial charge in [-0.3, -0.25) is 4.79 Å². The molecule has 0 aliphatic heterocycles. The number of hydrogen-bond acceptors (Lipinski definition) is 3. The second-order valence-electron chi connectivity index (χ2n) is 4.60. The molecule has 0 heterocycles. The van der Waals surface area contributed by atoms with Crippen LogP contribution in [0.3, 0.4) is 0 Å². The minimum Gasteiger partial charge on any atom is -0.482 e. The Morgan fingerprint density at radius 3 is 2.39 bits per heavy atom. The van der Waals surface area contributed by atoms with Crippen LogP contribution < -0.4 is 10.2 Å². The van der Waals surface area contributed by atoms with Gasteiger partial charge in [-0.25, -0.2) is 5.43 Å². The average Bonchev–Trinajstić information content (AvgIpc) is 2.52. The topological polar surface area (TPSA) is 50.7 Å². The molecule has 2 aromatic rings. The third-order valence-corrected chi connectivity index (χ3v) is 3.65. The van der Waals surface area contributed by atoms with Crippen LogP contribution in [0.2, 0.25) is 15.1 Å². The van der Waals surface area contributed by atoms with E-state index in [0.717, 1.165) is 5.56 Å². The van der Waals surface area contributed by atoms with E-state index < -0.39 is 5.91 Å². The molecule has 7 heteroatoms. The van der Waals surface area contributed by atoms with E-state index in [2.05, 4.69) is 10.5 Å². The SMILES string of the molecule is CC(=NNC(=O)COc1ccc(Cl)cc1Cl)c1ccc(Cl)cc1. The number of ether oxygens (including phenoxy) is 1. The smallest absolute Gasteiger partial charge is 0.277 e. The molecule has 0 bridgehead atoms. The van der Waals surface area contributed by atoms with Gasteiger partial charge in [0, 0.05) is 10.0 Å². The summed E-state index contributed by atoms with van der Waals surface area (Å²) in [4.78, 5) is 11.8. The lowest BCUT2D eigenvalue weighted by molar-refractivity contribution is -0.123. The Balaban J connectivity index is 1.89. The third kappa shape index (κ3) is 5.43. The number of amides is 1. The number of halogens is 3. The number of benzene rings is 2. The second kappa shape index (κ2) is 8.20. The van der Waals surface area contributed by atoms with Crippen molar-refractivity contribution in [2.75, 3.05) is 6.61 Å². The Hall–Kier alpha value is -1.75. The Morgan fingerprint density at radius 2 is 1.74 bits per heavy atom. The normalized spacial score (nSPS) is 11.2. The zero-order valence-electron chi connectivity index (χ0n) is 12.1. The minimum atomic E-state index is -0.399. The lowest BCUT2D eigenvalue weighted by atomic mass is 10.1. The molecule has 4 nitrogen and oxygen atoms in total. The first kappa shape index (κ1) is 17.6. The first-order chi connectivity index (χ1) is 11.0. The van der Waals surface area contributed by atoms with Gasteiger partial charge >= 0.3 is 0 Å². The molecule has 2 aromatic carbocycles. The zero-order valence-corrected chi connectivity index (χ0v) is 14.4. The fourth-order valence-electron chi connectivity index (χ4n) is 1.67. The monoisotopic (exact) mass is 370 g/mol. The van der Waals surface area contributed by atoms with Gasteiger partial charge < -0.3 is 4.74 Å². The summed E-state index contributed by atoms with van der Waals surface area (Å²) in [5.74, 6) is -0.0195. The third-order valence-electron chi connectivity index (χ3n) is 2.86. The van der Waals surface area contributed by atoms with Crippen molar-refractivity contribution in [1.29, 1.82) is 0 Å². The fourth-order valence-corrected chi connectivity index (χ4v) is 2.26. The summed E-state index contributed by atoms with van der Waals surface area (Å²) in [5, 5.41) is 5.48. The maximum Gasteiger partial charge on any atom is 0.277 e. The summed E-state index contributed by atoms with van der Waals surface area (Å²) in [5.41, 5.74) is 3.93. The molecule has 0 spiro atoms. The van der Waals surface area contributed by atoms with Gasteiger partial charge in [-0.15, -0.1) is 0 Å². The van der Waals surface area contributed by atoms with E-state index in [1.54, 1.807) is 37.3 Å². The number of nitrogens with one attached hydrogen (secondary N) is 1. The van der Waals surface area contributed by atoms with E-state index in [0.29, 0.717) is 26.5 Å². The molecule has 23 heavy (non-hydrogen) atoms. The van der Waals surface area contributed by atoms with Gasteiger partial charge in [0.1, 0.15) is 5.75 Å². The molecule has 0 fully saturated rings. The summed E-state index contributed by atoms with van der Waals surface area (Å²) >= 11 is 17.6. The van der Waals surface area contributed by atoms with Crippen LogP contribution >= 0.6 is 34.8 Å². The number of nitrogens with zero attached hydrogens (tertiary/aromatic N) is 1. The molecular weight excluding hydrogens is 359 g/mol. The van der Waals surface area contributed by atoms with Gasteiger partial charge in [0.15, 0.2) is 6.61 Å². The Bertz CT molecular complexity index is 731. The standard InChI is InChI=1S/C16H13Cl3N2O2/c1-10(11-2-4-12(17)5-3-11)20-21-16(22)9-23-15-7-6-13(18)8-14(15)19/h2-8H,9H2,1H3,(H,21,22). The van der Waals surface area contributed by atoms with Gasteiger partial charge in [0.25, 0.3) is 5.91 Å². The number of hydrazone groups is 1. The van der Waals surface area contributed by atoms with Crippen LogP contribution in [0.25, 0.3) is 0 Å².